The fourth-order valence-electron chi connectivity index (χ4n) is 2.03. The second-order valence-electron chi connectivity index (χ2n) is 5.02. The predicted octanol–water partition coefficient (Wildman–Crippen LogP) is 3.11. The monoisotopic (exact) mass is 375 g/mol. The molecule has 25 heavy (non-hydrogen) atoms. The molecular weight excluding hydrogens is 359 g/mol. The Morgan fingerprint density at radius 1 is 0.960 bits per heavy atom. The molecule has 1 N–H and O–H groups in total. The van der Waals surface area contributed by atoms with Crippen molar-refractivity contribution < 1.29 is 31.1 Å². The van der Waals surface area contributed by atoms with Crippen LogP contribution in [-0.4, -0.2) is 28.4 Å². The van der Waals surface area contributed by atoms with Crippen LogP contribution in [0.25, 0.3) is 0 Å². The number of alkyl halides is 3. The van der Waals surface area contributed by atoms with Gasteiger partial charge in [0.2, 0.25) is 10.0 Å². The van der Waals surface area contributed by atoms with Crippen LogP contribution in [0.1, 0.15) is 5.56 Å². The highest BCUT2D eigenvalue weighted by Gasteiger charge is 2.31. The molecule has 0 fully saturated rings. The molecule has 0 heterocycles. The molecule has 2 aromatic carbocycles. The Hall–Kier alpha value is -2.26. The van der Waals surface area contributed by atoms with Gasteiger partial charge in [-0.1, -0.05) is 12.1 Å². The first-order valence-corrected chi connectivity index (χ1v) is 8.66. The first kappa shape index (κ1) is 19.1. The average Bonchev–Trinajstić information content (AvgIpc) is 2.54. The van der Waals surface area contributed by atoms with Gasteiger partial charge in [-0.3, -0.25) is 0 Å². The Balaban J connectivity index is 1.94. The van der Waals surface area contributed by atoms with Gasteiger partial charge in [0.15, 0.2) is 0 Å². The first-order valence-electron chi connectivity index (χ1n) is 7.18. The molecule has 0 aromatic heterocycles. The van der Waals surface area contributed by atoms with E-state index in [0.717, 1.165) is 29.8 Å². The van der Waals surface area contributed by atoms with Gasteiger partial charge < -0.3 is 9.47 Å². The van der Waals surface area contributed by atoms with Crippen molar-refractivity contribution in [1.29, 1.82) is 0 Å². The van der Waals surface area contributed by atoms with Gasteiger partial charge in [-0.05, 0) is 48.4 Å². The van der Waals surface area contributed by atoms with Gasteiger partial charge in [0.25, 0.3) is 0 Å². The van der Waals surface area contributed by atoms with E-state index >= 15 is 0 Å². The molecule has 2 aromatic rings. The number of ether oxygens (including phenoxy) is 2. The van der Waals surface area contributed by atoms with Crippen LogP contribution < -0.4 is 14.2 Å². The molecule has 0 aliphatic heterocycles. The molecule has 0 aliphatic carbocycles. The van der Waals surface area contributed by atoms with Crippen molar-refractivity contribution in [2.75, 3.05) is 13.7 Å². The molecular formula is C16H16F3NO4S. The summed E-state index contributed by atoms with van der Waals surface area (Å²) in [5.74, 6) is 0.218. The van der Waals surface area contributed by atoms with Crippen LogP contribution in [0.4, 0.5) is 13.2 Å². The standard InChI is InChI=1S/C16H16F3NO4S/c1-23-13-4-2-12(3-5-13)10-11-20-25(21,22)15-8-6-14(7-9-15)24-16(17,18)19/h2-9,20H,10-11H2,1H3. The zero-order chi connectivity index (χ0) is 18.5. The fourth-order valence-corrected chi connectivity index (χ4v) is 3.06. The minimum Gasteiger partial charge on any atom is -0.497 e. The van der Waals surface area contributed by atoms with Gasteiger partial charge in [-0.2, -0.15) is 0 Å². The largest absolute Gasteiger partial charge is 0.573 e. The minimum absolute atomic E-state index is 0.142. The molecule has 0 radical (unpaired) electrons. The van der Waals surface area contributed by atoms with Crippen molar-refractivity contribution in [3.8, 4) is 11.5 Å². The van der Waals surface area contributed by atoms with E-state index < -0.39 is 22.1 Å². The molecule has 0 saturated heterocycles. The fraction of sp³-hybridized carbons (Fsp3) is 0.250. The van der Waals surface area contributed by atoms with E-state index in [1.807, 2.05) is 12.1 Å². The van der Waals surface area contributed by atoms with Crippen LogP contribution in [0.3, 0.4) is 0 Å². The third-order valence-corrected chi connectivity index (χ3v) is 4.71. The maximum Gasteiger partial charge on any atom is 0.573 e. The zero-order valence-electron chi connectivity index (χ0n) is 13.2. The van der Waals surface area contributed by atoms with Gasteiger partial charge in [-0.15, -0.1) is 13.2 Å². The van der Waals surface area contributed by atoms with Crippen LogP contribution in [-0.2, 0) is 16.4 Å². The van der Waals surface area contributed by atoms with E-state index in [9.17, 15) is 21.6 Å². The van der Waals surface area contributed by atoms with Crippen molar-refractivity contribution >= 4 is 10.0 Å². The van der Waals surface area contributed by atoms with Crippen LogP contribution in [0.2, 0.25) is 0 Å². The van der Waals surface area contributed by atoms with Crippen molar-refractivity contribution in [2.45, 2.75) is 17.7 Å². The Bertz CT molecular complexity index is 788. The maximum atomic E-state index is 12.1. The zero-order valence-corrected chi connectivity index (χ0v) is 14.0. The summed E-state index contributed by atoms with van der Waals surface area (Å²) in [6.45, 7) is 0.148. The number of hydrogen-bond donors (Lipinski definition) is 1. The highest BCUT2D eigenvalue weighted by Crippen LogP contribution is 2.23. The summed E-state index contributed by atoms with van der Waals surface area (Å²) < 4.78 is 71.7. The molecule has 0 bridgehead atoms. The smallest absolute Gasteiger partial charge is 0.497 e. The average molecular weight is 375 g/mol. The Kier molecular flexibility index (Phi) is 5.91. The van der Waals surface area contributed by atoms with Crippen LogP contribution in [0.15, 0.2) is 53.4 Å². The quantitative estimate of drug-likeness (QED) is 0.808. The van der Waals surface area contributed by atoms with Crippen molar-refractivity contribution in [1.82, 2.24) is 4.72 Å². The summed E-state index contributed by atoms with van der Waals surface area (Å²) >= 11 is 0. The normalized spacial score (nSPS) is 12.0. The summed E-state index contributed by atoms with van der Waals surface area (Å²) in [6.07, 6.45) is -4.37. The SMILES string of the molecule is COc1ccc(CCNS(=O)(=O)c2ccc(OC(F)(F)F)cc2)cc1. The highest BCUT2D eigenvalue weighted by molar-refractivity contribution is 7.89. The predicted molar refractivity (Wildman–Crippen MR) is 85.0 cm³/mol. The van der Waals surface area contributed by atoms with Gasteiger partial charge >= 0.3 is 6.36 Å². The van der Waals surface area contributed by atoms with E-state index in [4.69, 9.17) is 4.74 Å². The highest BCUT2D eigenvalue weighted by atomic mass is 32.2. The molecule has 0 amide bonds. The lowest BCUT2D eigenvalue weighted by Gasteiger charge is -2.10. The third-order valence-electron chi connectivity index (χ3n) is 3.23. The summed E-state index contributed by atoms with van der Waals surface area (Å²) in [5, 5.41) is 0. The van der Waals surface area contributed by atoms with E-state index in [1.165, 1.54) is 0 Å². The Morgan fingerprint density at radius 2 is 1.52 bits per heavy atom. The van der Waals surface area contributed by atoms with Crippen LogP contribution in [0.5, 0.6) is 11.5 Å². The number of methoxy groups -OCH3 is 1. The lowest BCUT2D eigenvalue weighted by atomic mass is 10.1. The lowest BCUT2D eigenvalue weighted by Crippen LogP contribution is -2.26. The Morgan fingerprint density at radius 3 is 2.04 bits per heavy atom. The first-order chi connectivity index (χ1) is 11.7. The number of rotatable bonds is 7. The number of nitrogens with one attached hydrogen (secondary N) is 1. The molecule has 0 atom stereocenters. The van der Waals surface area contributed by atoms with Crippen molar-refractivity contribution in [3.63, 3.8) is 0 Å². The number of halogens is 3. The molecule has 0 spiro atoms. The van der Waals surface area contributed by atoms with E-state index in [2.05, 4.69) is 9.46 Å². The van der Waals surface area contributed by atoms with Crippen LogP contribution in [0, 0.1) is 0 Å². The van der Waals surface area contributed by atoms with Crippen LogP contribution >= 0.6 is 0 Å². The molecule has 0 saturated carbocycles. The molecule has 9 heteroatoms. The second-order valence-corrected chi connectivity index (χ2v) is 6.78. The third kappa shape index (κ3) is 5.95. The van der Waals surface area contributed by atoms with E-state index in [1.54, 1.807) is 19.2 Å². The number of benzene rings is 2. The Labute approximate surface area is 143 Å². The maximum absolute atomic E-state index is 12.1. The second kappa shape index (κ2) is 7.75. The van der Waals surface area contributed by atoms with Crippen molar-refractivity contribution in [2.24, 2.45) is 0 Å². The lowest BCUT2D eigenvalue weighted by molar-refractivity contribution is -0.274. The summed E-state index contributed by atoms with van der Waals surface area (Å²) in [4.78, 5) is -0.142. The van der Waals surface area contributed by atoms with E-state index in [-0.39, 0.29) is 11.4 Å². The van der Waals surface area contributed by atoms with E-state index in [0.29, 0.717) is 12.2 Å². The molecule has 5 nitrogen and oxygen atoms in total. The molecule has 2 rings (SSSR count). The molecule has 0 aliphatic rings. The number of hydrogen-bond acceptors (Lipinski definition) is 4. The van der Waals surface area contributed by atoms with Crippen molar-refractivity contribution in [3.05, 3.63) is 54.1 Å². The molecule has 136 valence electrons. The minimum atomic E-state index is -4.82. The number of sulfonamides is 1. The topological polar surface area (TPSA) is 64.6 Å². The van der Waals surface area contributed by atoms with Gasteiger partial charge in [0, 0.05) is 6.54 Å². The van der Waals surface area contributed by atoms with Gasteiger partial charge in [0.1, 0.15) is 11.5 Å². The summed E-state index contributed by atoms with van der Waals surface area (Å²) in [5.41, 5.74) is 0.914. The van der Waals surface area contributed by atoms with Gasteiger partial charge in [0.05, 0.1) is 12.0 Å². The summed E-state index contributed by atoms with van der Waals surface area (Å²) in [6, 6.07) is 11.2. The molecule has 0 unspecified atom stereocenters. The van der Waals surface area contributed by atoms with Gasteiger partial charge in [-0.25, -0.2) is 13.1 Å². The summed E-state index contributed by atoms with van der Waals surface area (Å²) in [7, 11) is -2.27.